The Hall–Kier alpha value is -1.47. The molecule has 180 valence electrons. The molecule has 0 aliphatic carbocycles. The van der Waals surface area contributed by atoms with Crippen molar-refractivity contribution in [2.45, 2.75) is 57.9 Å². The number of aromatic nitrogens is 2. The van der Waals surface area contributed by atoms with Gasteiger partial charge >= 0.3 is 12.1 Å². The molecule has 3 heterocycles. The number of amides is 1. The van der Waals surface area contributed by atoms with E-state index in [0.717, 1.165) is 9.99 Å². The van der Waals surface area contributed by atoms with E-state index in [1.165, 1.54) is 0 Å². The fourth-order valence-corrected chi connectivity index (χ4v) is 5.00. The SMILES string of the molecule is CO[C@@H](C)COc1nc(N2C[C@@H]3C[C@H]2CN3C(=O)OC(C)(C)C)c2cc(I)c(Br)c(F)c2n1. The van der Waals surface area contributed by atoms with Crippen molar-refractivity contribution in [3.8, 4) is 6.01 Å². The lowest BCUT2D eigenvalue weighted by Gasteiger charge is -2.36. The van der Waals surface area contributed by atoms with E-state index in [2.05, 4.69) is 53.4 Å². The summed E-state index contributed by atoms with van der Waals surface area (Å²) in [7, 11) is 1.59. The molecule has 2 bridgehead atoms. The van der Waals surface area contributed by atoms with Crippen molar-refractivity contribution in [1.29, 1.82) is 0 Å². The molecule has 3 atom stereocenters. The van der Waals surface area contributed by atoms with Gasteiger partial charge in [-0.1, -0.05) is 0 Å². The second-order valence-corrected chi connectivity index (χ2v) is 11.4. The molecule has 2 aliphatic rings. The summed E-state index contributed by atoms with van der Waals surface area (Å²) in [5.74, 6) is 0.158. The van der Waals surface area contributed by atoms with E-state index in [1.807, 2.05) is 33.8 Å². The Morgan fingerprint density at radius 3 is 2.67 bits per heavy atom. The highest BCUT2D eigenvalue weighted by Crippen LogP contribution is 2.40. The van der Waals surface area contributed by atoms with Crippen LogP contribution < -0.4 is 9.64 Å². The van der Waals surface area contributed by atoms with Crippen LogP contribution in [0.3, 0.4) is 0 Å². The summed E-state index contributed by atoms with van der Waals surface area (Å²) in [6, 6.07) is 2.03. The maximum absolute atomic E-state index is 15.2. The fraction of sp³-hybridized carbons (Fsp3) is 0.591. The van der Waals surface area contributed by atoms with E-state index in [4.69, 9.17) is 14.2 Å². The predicted octanol–water partition coefficient (Wildman–Crippen LogP) is 4.75. The van der Waals surface area contributed by atoms with Crippen LogP contribution in [0.2, 0.25) is 0 Å². The Morgan fingerprint density at radius 1 is 1.33 bits per heavy atom. The molecule has 4 rings (SSSR count). The van der Waals surface area contributed by atoms with Crippen LogP contribution in [0.1, 0.15) is 34.1 Å². The minimum Gasteiger partial charge on any atom is -0.461 e. The first-order chi connectivity index (χ1) is 15.5. The molecule has 11 heteroatoms. The predicted molar refractivity (Wildman–Crippen MR) is 134 cm³/mol. The van der Waals surface area contributed by atoms with Gasteiger partial charge in [0.25, 0.3) is 0 Å². The van der Waals surface area contributed by atoms with Crippen molar-refractivity contribution >= 4 is 61.3 Å². The van der Waals surface area contributed by atoms with Crippen molar-refractivity contribution in [3.05, 3.63) is 19.9 Å². The summed E-state index contributed by atoms with van der Waals surface area (Å²) >= 11 is 5.40. The van der Waals surface area contributed by atoms with E-state index in [-0.39, 0.29) is 42.4 Å². The van der Waals surface area contributed by atoms with E-state index in [9.17, 15) is 4.79 Å². The number of nitrogens with zero attached hydrogens (tertiary/aromatic N) is 4. The highest BCUT2D eigenvalue weighted by Gasteiger charge is 2.47. The number of hydrogen-bond donors (Lipinski definition) is 0. The van der Waals surface area contributed by atoms with Gasteiger partial charge in [0.15, 0.2) is 5.82 Å². The van der Waals surface area contributed by atoms with Crippen molar-refractivity contribution in [3.63, 3.8) is 0 Å². The topological polar surface area (TPSA) is 77.0 Å². The summed E-state index contributed by atoms with van der Waals surface area (Å²) in [6.07, 6.45) is 0.341. The van der Waals surface area contributed by atoms with Gasteiger partial charge in [0.2, 0.25) is 0 Å². The molecule has 0 N–H and O–H groups in total. The molecule has 0 unspecified atom stereocenters. The number of hydrogen-bond acceptors (Lipinski definition) is 7. The van der Waals surface area contributed by atoms with Gasteiger partial charge in [0, 0.05) is 29.2 Å². The Bertz CT molecular complexity index is 1080. The molecule has 0 radical (unpaired) electrons. The van der Waals surface area contributed by atoms with Crippen LogP contribution in [0.4, 0.5) is 15.0 Å². The number of ether oxygens (including phenoxy) is 3. The normalized spacial score (nSPS) is 21.1. The fourth-order valence-electron chi connectivity index (χ4n) is 4.15. The van der Waals surface area contributed by atoms with Gasteiger partial charge < -0.3 is 24.0 Å². The molecule has 33 heavy (non-hydrogen) atoms. The van der Waals surface area contributed by atoms with Gasteiger partial charge in [-0.15, -0.1) is 0 Å². The molecule has 1 amide bonds. The molecule has 1 aromatic carbocycles. The summed E-state index contributed by atoms with van der Waals surface area (Å²) in [6.45, 7) is 8.80. The van der Waals surface area contributed by atoms with Gasteiger partial charge in [-0.3, -0.25) is 0 Å². The van der Waals surface area contributed by atoms with Crippen molar-refractivity contribution < 1.29 is 23.4 Å². The number of rotatable bonds is 5. The van der Waals surface area contributed by atoms with Gasteiger partial charge in [0.1, 0.15) is 23.5 Å². The van der Waals surface area contributed by atoms with E-state index >= 15 is 4.39 Å². The molecule has 2 aliphatic heterocycles. The van der Waals surface area contributed by atoms with E-state index in [1.54, 1.807) is 12.0 Å². The largest absolute Gasteiger partial charge is 0.461 e. The molecule has 0 saturated carbocycles. The first-order valence-corrected chi connectivity index (χ1v) is 12.6. The molecular weight excluding hydrogens is 610 g/mol. The van der Waals surface area contributed by atoms with E-state index < -0.39 is 11.4 Å². The molecule has 1 aromatic heterocycles. The number of likely N-dealkylation sites (tertiary alicyclic amines) is 1. The van der Waals surface area contributed by atoms with Crippen molar-refractivity contribution in [1.82, 2.24) is 14.9 Å². The lowest BCUT2D eigenvalue weighted by Crippen LogP contribution is -2.50. The quantitative estimate of drug-likeness (QED) is 0.346. The molecular formula is C22H27BrFIN4O4. The number of methoxy groups -OCH3 is 1. The van der Waals surface area contributed by atoms with Gasteiger partial charge in [-0.2, -0.15) is 9.97 Å². The first-order valence-electron chi connectivity index (χ1n) is 10.8. The van der Waals surface area contributed by atoms with Crippen LogP contribution in [0, 0.1) is 9.39 Å². The second-order valence-electron chi connectivity index (χ2n) is 9.40. The van der Waals surface area contributed by atoms with Crippen molar-refractivity contribution in [2.24, 2.45) is 0 Å². The van der Waals surface area contributed by atoms with Crippen molar-refractivity contribution in [2.75, 3.05) is 31.7 Å². The lowest BCUT2D eigenvalue weighted by molar-refractivity contribution is 0.0214. The molecule has 0 spiro atoms. The van der Waals surface area contributed by atoms with Gasteiger partial charge in [-0.25, -0.2) is 9.18 Å². The number of carbonyl (C=O) groups excluding carboxylic acids is 1. The number of anilines is 1. The van der Waals surface area contributed by atoms with Crippen LogP contribution in [-0.4, -0.2) is 71.6 Å². The summed E-state index contributed by atoms with van der Waals surface area (Å²) in [5.41, 5.74) is -0.353. The monoisotopic (exact) mass is 636 g/mol. The minimum absolute atomic E-state index is 0.00659. The summed E-state index contributed by atoms with van der Waals surface area (Å²) in [4.78, 5) is 25.6. The van der Waals surface area contributed by atoms with Crippen LogP contribution >= 0.6 is 38.5 Å². The van der Waals surface area contributed by atoms with Crippen LogP contribution in [0.15, 0.2) is 10.5 Å². The third-order valence-electron chi connectivity index (χ3n) is 5.78. The maximum Gasteiger partial charge on any atom is 0.410 e. The van der Waals surface area contributed by atoms with Gasteiger partial charge in [0.05, 0.1) is 22.7 Å². The Balaban J connectivity index is 1.67. The van der Waals surface area contributed by atoms with Crippen LogP contribution in [0.25, 0.3) is 10.9 Å². The summed E-state index contributed by atoms with van der Waals surface area (Å²) < 4.78 is 32.8. The second kappa shape index (κ2) is 9.29. The number of carbonyl (C=O) groups is 1. The number of halogens is 3. The zero-order valence-electron chi connectivity index (χ0n) is 19.2. The first kappa shape index (κ1) is 24.6. The smallest absolute Gasteiger partial charge is 0.410 e. The molecule has 2 aromatic rings. The zero-order chi connectivity index (χ0) is 24.1. The Labute approximate surface area is 214 Å². The standard InChI is InChI=1S/C22H27BrFIN4O4/c1-11(31-5)10-32-20-26-18-14(7-15(25)16(23)17(18)24)19(27-20)28-8-13-6-12(28)9-29(13)21(30)33-22(2,3)4/h7,11-13H,6,8-10H2,1-5H3/t11-,12-,13-/m0/s1. The van der Waals surface area contributed by atoms with Crippen LogP contribution in [0.5, 0.6) is 6.01 Å². The third kappa shape index (κ3) is 5.00. The molecule has 8 nitrogen and oxygen atoms in total. The molecule has 2 saturated heterocycles. The van der Waals surface area contributed by atoms with E-state index in [0.29, 0.717) is 28.8 Å². The molecule has 2 fully saturated rings. The number of fused-ring (bicyclic) bond motifs is 3. The maximum atomic E-state index is 15.2. The highest BCUT2D eigenvalue weighted by atomic mass is 127. The average Bonchev–Trinajstić information content (AvgIpc) is 3.35. The van der Waals surface area contributed by atoms with Gasteiger partial charge in [-0.05, 0) is 78.7 Å². The highest BCUT2D eigenvalue weighted by molar-refractivity contribution is 14.1. The van der Waals surface area contributed by atoms with Crippen LogP contribution in [-0.2, 0) is 9.47 Å². The summed E-state index contributed by atoms with van der Waals surface area (Å²) in [5, 5.41) is 0.614. The third-order valence-corrected chi connectivity index (χ3v) is 8.14. The average molecular weight is 637 g/mol. The number of benzene rings is 1. The lowest BCUT2D eigenvalue weighted by atomic mass is 10.2. The Kier molecular flexibility index (Phi) is 6.94. The zero-order valence-corrected chi connectivity index (χ0v) is 22.9. The Morgan fingerprint density at radius 2 is 2.06 bits per heavy atom. The number of piperazine rings is 1. The minimum atomic E-state index is -0.547.